The van der Waals surface area contributed by atoms with Crippen molar-refractivity contribution in [2.45, 2.75) is 44.8 Å². The van der Waals surface area contributed by atoms with Crippen LogP contribution in [0.2, 0.25) is 0 Å². The van der Waals surface area contributed by atoms with Gasteiger partial charge >= 0.3 is 12.0 Å². The van der Waals surface area contributed by atoms with Crippen LogP contribution < -0.4 is 0 Å². The number of hydrogen-bond acceptors (Lipinski definition) is 3. The molecule has 2 saturated heterocycles. The van der Waals surface area contributed by atoms with Gasteiger partial charge in [-0.3, -0.25) is 0 Å². The van der Waals surface area contributed by atoms with Crippen molar-refractivity contribution in [3.63, 3.8) is 0 Å². The molecule has 0 radical (unpaired) electrons. The summed E-state index contributed by atoms with van der Waals surface area (Å²) in [5, 5.41) is 9.15. The summed E-state index contributed by atoms with van der Waals surface area (Å²) in [7, 11) is 0. The Morgan fingerprint density at radius 2 is 2.11 bits per heavy atom. The standard InChI is InChI=1S/C13H22N2O4/c1-2-10-9-14(6-4-8-19-10)13(18)15-7-3-5-11(15)12(16)17/h10-11H,2-9H2,1H3,(H,16,17)/t10?,11-/m0/s1. The largest absolute Gasteiger partial charge is 0.480 e. The van der Waals surface area contributed by atoms with E-state index in [0.717, 1.165) is 19.3 Å². The molecule has 2 aliphatic heterocycles. The number of aliphatic carboxylic acids is 1. The molecule has 108 valence electrons. The summed E-state index contributed by atoms with van der Waals surface area (Å²) in [6.45, 7) is 4.47. The van der Waals surface area contributed by atoms with Crippen LogP contribution in [0.5, 0.6) is 0 Å². The van der Waals surface area contributed by atoms with Gasteiger partial charge < -0.3 is 19.6 Å². The monoisotopic (exact) mass is 270 g/mol. The molecule has 2 atom stereocenters. The molecule has 0 aromatic heterocycles. The number of carbonyl (C=O) groups excluding carboxylic acids is 1. The fourth-order valence-corrected chi connectivity index (χ4v) is 2.75. The third-order valence-electron chi connectivity index (χ3n) is 3.86. The Balaban J connectivity index is 2.03. The van der Waals surface area contributed by atoms with Crippen molar-refractivity contribution < 1.29 is 19.4 Å². The first-order chi connectivity index (χ1) is 9.13. The van der Waals surface area contributed by atoms with Crippen molar-refractivity contribution in [1.29, 1.82) is 0 Å². The molecule has 0 aromatic rings. The summed E-state index contributed by atoms with van der Waals surface area (Å²) in [6, 6.07) is -0.800. The smallest absolute Gasteiger partial charge is 0.326 e. The van der Waals surface area contributed by atoms with Crippen molar-refractivity contribution >= 4 is 12.0 Å². The van der Waals surface area contributed by atoms with E-state index in [1.807, 2.05) is 6.92 Å². The maximum absolute atomic E-state index is 12.5. The zero-order chi connectivity index (χ0) is 13.8. The molecular formula is C13H22N2O4. The molecule has 2 rings (SSSR count). The number of nitrogens with zero attached hydrogens (tertiary/aromatic N) is 2. The summed E-state index contributed by atoms with van der Waals surface area (Å²) < 4.78 is 5.64. The minimum atomic E-state index is -0.899. The Kier molecular flexibility index (Phi) is 4.63. The first kappa shape index (κ1) is 14.1. The molecule has 1 unspecified atom stereocenters. The first-order valence-electron chi connectivity index (χ1n) is 7.03. The number of carboxylic acid groups (broad SMARTS) is 1. The van der Waals surface area contributed by atoms with Crippen LogP contribution in [-0.2, 0) is 9.53 Å². The van der Waals surface area contributed by atoms with Gasteiger partial charge in [-0.1, -0.05) is 6.92 Å². The summed E-state index contributed by atoms with van der Waals surface area (Å²) in [5.74, 6) is -0.899. The highest BCUT2D eigenvalue weighted by Crippen LogP contribution is 2.20. The molecule has 2 amide bonds. The molecule has 1 N–H and O–H groups in total. The molecule has 0 bridgehead atoms. The van der Waals surface area contributed by atoms with Crippen molar-refractivity contribution in [2.24, 2.45) is 0 Å². The van der Waals surface area contributed by atoms with Crippen LogP contribution >= 0.6 is 0 Å². The minimum absolute atomic E-state index is 0.0670. The second kappa shape index (κ2) is 6.23. The van der Waals surface area contributed by atoms with Crippen LogP contribution in [0.3, 0.4) is 0 Å². The first-order valence-corrected chi connectivity index (χ1v) is 7.03. The lowest BCUT2D eigenvalue weighted by Gasteiger charge is -2.30. The molecular weight excluding hydrogens is 248 g/mol. The molecule has 2 aliphatic rings. The zero-order valence-corrected chi connectivity index (χ0v) is 11.4. The van der Waals surface area contributed by atoms with E-state index in [-0.39, 0.29) is 12.1 Å². The number of carbonyl (C=O) groups is 2. The van der Waals surface area contributed by atoms with Crippen molar-refractivity contribution in [2.75, 3.05) is 26.2 Å². The summed E-state index contributed by atoms with van der Waals surface area (Å²) in [5.41, 5.74) is 0. The van der Waals surface area contributed by atoms with E-state index in [1.54, 1.807) is 4.90 Å². The highest BCUT2D eigenvalue weighted by molar-refractivity contribution is 5.83. The van der Waals surface area contributed by atoms with Gasteiger partial charge in [0.25, 0.3) is 0 Å². The van der Waals surface area contributed by atoms with E-state index in [0.29, 0.717) is 32.7 Å². The lowest BCUT2D eigenvalue weighted by atomic mass is 10.2. The van der Waals surface area contributed by atoms with Crippen LogP contribution in [0.1, 0.15) is 32.6 Å². The zero-order valence-electron chi connectivity index (χ0n) is 11.4. The van der Waals surface area contributed by atoms with Gasteiger partial charge in [0, 0.05) is 26.2 Å². The quantitative estimate of drug-likeness (QED) is 0.817. The number of urea groups is 1. The third kappa shape index (κ3) is 3.18. The highest BCUT2D eigenvalue weighted by Gasteiger charge is 2.36. The second-order valence-electron chi connectivity index (χ2n) is 5.17. The van der Waals surface area contributed by atoms with E-state index in [9.17, 15) is 9.59 Å². The average Bonchev–Trinajstić information content (AvgIpc) is 2.76. The van der Waals surface area contributed by atoms with Gasteiger partial charge in [-0.05, 0) is 25.7 Å². The molecule has 0 aliphatic carbocycles. The number of ether oxygens (including phenoxy) is 1. The number of amides is 2. The Morgan fingerprint density at radius 1 is 1.32 bits per heavy atom. The van der Waals surface area contributed by atoms with Gasteiger partial charge in [-0.25, -0.2) is 9.59 Å². The fourth-order valence-electron chi connectivity index (χ4n) is 2.75. The molecule has 0 spiro atoms. The van der Waals surface area contributed by atoms with Gasteiger partial charge in [0.1, 0.15) is 6.04 Å². The SMILES string of the molecule is CCC1CN(C(=O)N2CCC[C@H]2C(=O)O)CCCO1. The number of hydrogen-bond donors (Lipinski definition) is 1. The van der Waals surface area contributed by atoms with Crippen LogP contribution in [0.25, 0.3) is 0 Å². The van der Waals surface area contributed by atoms with Crippen LogP contribution in [0.15, 0.2) is 0 Å². The second-order valence-corrected chi connectivity index (χ2v) is 5.17. The van der Waals surface area contributed by atoms with Gasteiger partial charge in [0.05, 0.1) is 6.10 Å². The Bertz CT molecular complexity index is 348. The van der Waals surface area contributed by atoms with Crippen LogP contribution in [0, 0.1) is 0 Å². The van der Waals surface area contributed by atoms with Crippen molar-refractivity contribution in [3.05, 3.63) is 0 Å². The maximum atomic E-state index is 12.5. The molecule has 2 fully saturated rings. The van der Waals surface area contributed by atoms with E-state index in [1.165, 1.54) is 4.90 Å². The topological polar surface area (TPSA) is 70.1 Å². The normalized spacial score (nSPS) is 28.3. The predicted octanol–water partition coefficient (Wildman–Crippen LogP) is 1.16. The number of carboxylic acids is 1. The molecule has 6 heteroatoms. The summed E-state index contributed by atoms with van der Waals surface area (Å²) in [6.07, 6.45) is 3.07. The molecule has 6 nitrogen and oxygen atoms in total. The van der Waals surface area contributed by atoms with Gasteiger partial charge in [-0.2, -0.15) is 0 Å². The van der Waals surface area contributed by atoms with Gasteiger partial charge in [-0.15, -0.1) is 0 Å². The summed E-state index contributed by atoms with van der Waals surface area (Å²) >= 11 is 0. The lowest BCUT2D eigenvalue weighted by Crippen LogP contribution is -2.49. The van der Waals surface area contributed by atoms with Gasteiger partial charge in [0.2, 0.25) is 0 Å². The van der Waals surface area contributed by atoms with Crippen LogP contribution in [-0.4, -0.2) is 65.3 Å². The van der Waals surface area contributed by atoms with Crippen LogP contribution in [0.4, 0.5) is 4.79 Å². The lowest BCUT2D eigenvalue weighted by molar-refractivity contribution is -0.141. The fraction of sp³-hybridized carbons (Fsp3) is 0.846. The number of rotatable bonds is 2. The molecule has 0 saturated carbocycles. The minimum Gasteiger partial charge on any atom is -0.480 e. The Morgan fingerprint density at radius 3 is 2.79 bits per heavy atom. The van der Waals surface area contributed by atoms with Crippen molar-refractivity contribution in [3.8, 4) is 0 Å². The number of likely N-dealkylation sites (tertiary alicyclic amines) is 1. The highest BCUT2D eigenvalue weighted by atomic mass is 16.5. The Hall–Kier alpha value is -1.30. The molecule has 2 heterocycles. The average molecular weight is 270 g/mol. The maximum Gasteiger partial charge on any atom is 0.326 e. The molecule has 0 aromatic carbocycles. The van der Waals surface area contributed by atoms with Gasteiger partial charge in [0.15, 0.2) is 0 Å². The van der Waals surface area contributed by atoms with E-state index < -0.39 is 12.0 Å². The van der Waals surface area contributed by atoms with E-state index in [2.05, 4.69) is 0 Å². The van der Waals surface area contributed by atoms with E-state index in [4.69, 9.17) is 9.84 Å². The van der Waals surface area contributed by atoms with E-state index >= 15 is 0 Å². The summed E-state index contributed by atoms with van der Waals surface area (Å²) in [4.78, 5) is 26.9. The Labute approximate surface area is 113 Å². The predicted molar refractivity (Wildman–Crippen MR) is 69.0 cm³/mol. The third-order valence-corrected chi connectivity index (χ3v) is 3.86. The van der Waals surface area contributed by atoms with Crippen molar-refractivity contribution in [1.82, 2.24) is 9.80 Å². The molecule has 19 heavy (non-hydrogen) atoms.